The molecular formula is C12H15NO2. The van der Waals surface area contributed by atoms with Crippen LogP contribution in [0.4, 0.5) is 0 Å². The molecule has 0 heterocycles. The molecule has 1 aromatic carbocycles. The molecule has 3 nitrogen and oxygen atoms in total. The lowest BCUT2D eigenvalue weighted by molar-refractivity contribution is -0.121. The number of ketones is 1. The van der Waals surface area contributed by atoms with E-state index in [1.165, 1.54) is 0 Å². The van der Waals surface area contributed by atoms with Crippen LogP contribution in [-0.4, -0.2) is 11.7 Å². The van der Waals surface area contributed by atoms with Crippen molar-refractivity contribution >= 4 is 11.7 Å². The molecule has 80 valence electrons. The summed E-state index contributed by atoms with van der Waals surface area (Å²) in [6.45, 7) is 3.62. The molecule has 0 aliphatic carbocycles. The van der Waals surface area contributed by atoms with E-state index in [-0.39, 0.29) is 12.2 Å². The number of amides is 1. The van der Waals surface area contributed by atoms with Crippen molar-refractivity contribution in [2.24, 2.45) is 11.7 Å². The molecule has 15 heavy (non-hydrogen) atoms. The molecule has 0 saturated heterocycles. The summed E-state index contributed by atoms with van der Waals surface area (Å²) in [6.07, 6.45) is 0.179. The van der Waals surface area contributed by atoms with Crippen molar-refractivity contribution in [3.63, 3.8) is 0 Å². The molecule has 1 atom stereocenters. The second-order valence-electron chi connectivity index (χ2n) is 3.80. The van der Waals surface area contributed by atoms with Gasteiger partial charge in [0.1, 0.15) is 0 Å². The van der Waals surface area contributed by atoms with Gasteiger partial charge in [0, 0.05) is 17.9 Å². The lowest BCUT2D eigenvalue weighted by Gasteiger charge is -2.06. The lowest BCUT2D eigenvalue weighted by Crippen LogP contribution is -2.23. The van der Waals surface area contributed by atoms with Crippen molar-refractivity contribution in [1.29, 1.82) is 0 Å². The van der Waals surface area contributed by atoms with Gasteiger partial charge in [0.2, 0.25) is 5.91 Å². The topological polar surface area (TPSA) is 60.2 Å². The zero-order valence-electron chi connectivity index (χ0n) is 8.99. The van der Waals surface area contributed by atoms with Crippen molar-refractivity contribution < 1.29 is 9.59 Å². The Morgan fingerprint density at radius 3 is 2.27 bits per heavy atom. The first-order valence-electron chi connectivity index (χ1n) is 4.90. The first-order chi connectivity index (χ1) is 7.00. The zero-order valence-corrected chi connectivity index (χ0v) is 8.99. The standard InChI is InChI=1S/C12H15NO2/c1-8-3-5-10(6-4-8)11(14)7-9(2)12(13)15/h3-6,9H,7H2,1-2H3,(H2,13,15). The third-order valence-electron chi connectivity index (χ3n) is 2.35. The molecule has 0 aromatic heterocycles. The minimum Gasteiger partial charge on any atom is -0.369 e. The van der Waals surface area contributed by atoms with E-state index in [2.05, 4.69) is 0 Å². The SMILES string of the molecule is Cc1ccc(C(=O)CC(C)C(N)=O)cc1. The van der Waals surface area contributed by atoms with Crippen LogP contribution in [0.5, 0.6) is 0 Å². The van der Waals surface area contributed by atoms with Crippen molar-refractivity contribution in [2.75, 3.05) is 0 Å². The van der Waals surface area contributed by atoms with Gasteiger partial charge in [-0.2, -0.15) is 0 Å². The average molecular weight is 205 g/mol. The van der Waals surface area contributed by atoms with Crippen molar-refractivity contribution in [3.05, 3.63) is 35.4 Å². The van der Waals surface area contributed by atoms with Crippen LogP contribution < -0.4 is 5.73 Å². The maximum Gasteiger partial charge on any atom is 0.220 e. The van der Waals surface area contributed by atoms with E-state index in [9.17, 15) is 9.59 Å². The summed E-state index contributed by atoms with van der Waals surface area (Å²) in [5, 5.41) is 0. The fourth-order valence-electron chi connectivity index (χ4n) is 1.24. The van der Waals surface area contributed by atoms with E-state index in [0.29, 0.717) is 5.56 Å². The first kappa shape index (κ1) is 11.4. The quantitative estimate of drug-likeness (QED) is 0.760. The molecule has 3 heteroatoms. The number of rotatable bonds is 4. The van der Waals surface area contributed by atoms with E-state index in [4.69, 9.17) is 5.73 Å². The van der Waals surface area contributed by atoms with E-state index >= 15 is 0 Å². The van der Waals surface area contributed by atoms with E-state index in [0.717, 1.165) is 5.56 Å². The molecule has 1 rings (SSSR count). The molecule has 0 saturated carbocycles. The number of hydrogen-bond donors (Lipinski definition) is 1. The van der Waals surface area contributed by atoms with Crippen LogP contribution in [0, 0.1) is 12.8 Å². The van der Waals surface area contributed by atoms with Crippen molar-refractivity contribution in [3.8, 4) is 0 Å². The minimum absolute atomic E-state index is 0.0405. The number of hydrogen-bond acceptors (Lipinski definition) is 2. The highest BCUT2D eigenvalue weighted by molar-refractivity contribution is 5.98. The molecule has 0 spiro atoms. The number of Topliss-reactive ketones (excluding diaryl/α,β-unsaturated/α-hetero) is 1. The molecule has 1 unspecified atom stereocenters. The largest absolute Gasteiger partial charge is 0.369 e. The number of nitrogens with two attached hydrogens (primary N) is 1. The van der Waals surface area contributed by atoms with Crippen LogP contribution in [0.15, 0.2) is 24.3 Å². The summed E-state index contributed by atoms with van der Waals surface area (Å²) in [4.78, 5) is 22.5. The molecule has 0 fully saturated rings. The van der Waals surface area contributed by atoms with Crippen molar-refractivity contribution in [2.45, 2.75) is 20.3 Å². The smallest absolute Gasteiger partial charge is 0.220 e. The maximum atomic E-state index is 11.7. The Kier molecular flexibility index (Phi) is 3.61. The second-order valence-corrected chi connectivity index (χ2v) is 3.80. The number of benzene rings is 1. The summed E-state index contributed by atoms with van der Waals surface area (Å²) in [5.41, 5.74) is 6.83. The highest BCUT2D eigenvalue weighted by Crippen LogP contribution is 2.10. The lowest BCUT2D eigenvalue weighted by atomic mass is 9.99. The van der Waals surface area contributed by atoms with Crippen LogP contribution in [0.25, 0.3) is 0 Å². The Morgan fingerprint density at radius 2 is 1.80 bits per heavy atom. The predicted octanol–water partition coefficient (Wildman–Crippen LogP) is 1.69. The van der Waals surface area contributed by atoms with Gasteiger partial charge in [0.25, 0.3) is 0 Å². The van der Waals surface area contributed by atoms with Crippen LogP contribution in [0.2, 0.25) is 0 Å². The van der Waals surface area contributed by atoms with Gasteiger partial charge in [-0.1, -0.05) is 36.8 Å². The van der Waals surface area contributed by atoms with Gasteiger partial charge < -0.3 is 5.73 Å². The third-order valence-corrected chi connectivity index (χ3v) is 2.35. The molecule has 0 aliphatic heterocycles. The molecular weight excluding hydrogens is 190 g/mol. The molecule has 1 amide bonds. The monoisotopic (exact) mass is 205 g/mol. The van der Waals surface area contributed by atoms with E-state index < -0.39 is 11.8 Å². The Balaban J connectivity index is 2.69. The Morgan fingerprint density at radius 1 is 1.27 bits per heavy atom. The maximum absolute atomic E-state index is 11.7. The summed E-state index contributed by atoms with van der Waals surface area (Å²) < 4.78 is 0. The Labute approximate surface area is 89.3 Å². The van der Waals surface area contributed by atoms with Gasteiger partial charge in [-0.15, -0.1) is 0 Å². The fourth-order valence-corrected chi connectivity index (χ4v) is 1.24. The molecule has 2 N–H and O–H groups in total. The van der Waals surface area contributed by atoms with Gasteiger partial charge >= 0.3 is 0 Å². The van der Waals surface area contributed by atoms with Gasteiger partial charge in [-0.3, -0.25) is 9.59 Å². The van der Waals surface area contributed by atoms with Crippen LogP contribution >= 0.6 is 0 Å². The van der Waals surface area contributed by atoms with Gasteiger partial charge in [-0.05, 0) is 6.92 Å². The molecule has 0 radical (unpaired) electrons. The summed E-state index contributed by atoms with van der Waals surface area (Å²) in [5.74, 6) is -0.879. The predicted molar refractivity (Wildman–Crippen MR) is 58.5 cm³/mol. The Hall–Kier alpha value is -1.64. The first-order valence-corrected chi connectivity index (χ1v) is 4.90. The summed E-state index contributed by atoms with van der Waals surface area (Å²) in [7, 11) is 0. The molecule has 0 aliphatic rings. The van der Waals surface area contributed by atoms with Gasteiger partial charge in [-0.25, -0.2) is 0 Å². The van der Waals surface area contributed by atoms with Crippen LogP contribution in [-0.2, 0) is 4.79 Å². The number of carbonyl (C=O) groups excluding carboxylic acids is 2. The molecule has 1 aromatic rings. The Bertz CT molecular complexity index is 368. The highest BCUT2D eigenvalue weighted by Gasteiger charge is 2.14. The third kappa shape index (κ3) is 3.20. The van der Waals surface area contributed by atoms with Crippen LogP contribution in [0.3, 0.4) is 0 Å². The summed E-state index contributed by atoms with van der Waals surface area (Å²) >= 11 is 0. The van der Waals surface area contributed by atoms with Crippen molar-refractivity contribution in [1.82, 2.24) is 0 Å². The normalized spacial score (nSPS) is 12.1. The van der Waals surface area contributed by atoms with Crippen LogP contribution in [0.1, 0.15) is 29.3 Å². The number of aryl methyl sites for hydroxylation is 1. The fraction of sp³-hybridized carbons (Fsp3) is 0.333. The van der Waals surface area contributed by atoms with E-state index in [1.54, 1.807) is 19.1 Å². The number of primary amides is 1. The zero-order chi connectivity index (χ0) is 11.4. The second kappa shape index (κ2) is 4.73. The minimum atomic E-state index is -0.435. The summed E-state index contributed by atoms with van der Waals surface area (Å²) in [6, 6.07) is 7.29. The highest BCUT2D eigenvalue weighted by atomic mass is 16.1. The number of carbonyl (C=O) groups is 2. The van der Waals surface area contributed by atoms with Gasteiger partial charge in [0.05, 0.1) is 0 Å². The average Bonchev–Trinajstić information content (AvgIpc) is 2.18. The molecule has 0 bridgehead atoms. The van der Waals surface area contributed by atoms with E-state index in [1.807, 2.05) is 19.1 Å². The van der Waals surface area contributed by atoms with Gasteiger partial charge in [0.15, 0.2) is 5.78 Å².